The van der Waals surface area contributed by atoms with Gasteiger partial charge >= 0.3 is 0 Å². The van der Waals surface area contributed by atoms with E-state index < -0.39 is 5.60 Å². The monoisotopic (exact) mass is 255 g/mol. The van der Waals surface area contributed by atoms with Crippen molar-refractivity contribution in [3.05, 3.63) is 5.01 Å². The first kappa shape index (κ1) is 12.8. The number of piperidine rings is 1. The number of nitrogens with zero attached hydrogens (tertiary/aromatic N) is 3. The van der Waals surface area contributed by atoms with Crippen LogP contribution in [0.3, 0.4) is 0 Å². The van der Waals surface area contributed by atoms with Crippen LogP contribution in [0, 0.1) is 5.92 Å². The Bertz CT molecular complexity index is 389. The molecule has 2 heterocycles. The third kappa shape index (κ3) is 2.60. The molecule has 1 aliphatic heterocycles. The van der Waals surface area contributed by atoms with Gasteiger partial charge in [-0.25, -0.2) is 0 Å². The molecule has 0 spiro atoms. The molecule has 1 aromatic heterocycles. The third-order valence-electron chi connectivity index (χ3n) is 3.64. The van der Waals surface area contributed by atoms with E-state index in [-0.39, 0.29) is 5.92 Å². The highest BCUT2D eigenvalue weighted by Crippen LogP contribution is 2.32. The fraction of sp³-hybridized carbons (Fsp3) is 0.833. The second-order valence-corrected chi connectivity index (χ2v) is 6.52. The van der Waals surface area contributed by atoms with Crippen LogP contribution in [0.5, 0.6) is 0 Å². The number of aliphatic hydroxyl groups is 1. The summed E-state index contributed by atoms with van der Waals surface area (Å²) in [6.07, 6.45) is 0.796. The van der Waals surface area contributed by atoms with Gasteiger partial charge in [-0.15, -0.1) is 10.2 Å². The van der Waals surface area contributed by atoms with Crippen molar-refractivity contribution < 1.29 is 5.11 Å². The molecule has 0 aliphatic carbocycles. The Morgan fingerprint density at radius 3 is 2.71 bits per heavy atom. The first-order valence-electron chi connectivity index (χ1n) is 6.21. The molecule has 4 nitrogen and oxygen atoms in total. The number of hydrogen-bond acceptors (Lipinski definition) is 5. The maximum Gasteiger partial charge on any atom is 0.208 e. The molecule has 0 saturated carbocycles. The van der Waals surface area contributed by atoms with E-state index in [1.54, 1.807) is 11.3 Å². The van der Waals surface area contributed by atoms with Crippen LogP contribution < -0.4 is 4.90 Å². The average Bonchev–Trinajstić information content (AvgIpc) is 2.71. The standard InChI is InChI=1S/C12H21N3OS/c1-8(2)10-13-14-11(17-10)15-6-5-12(4,16)9(3)7-15/h8-9,16H,5-7H2,1-4H3/t9-,12+/m1/s1. The van der Waals surface area contributed by atoms with Crippen molar-refractivity contribution in [1.29, 1.82) is 0 Å². The summed E-state index contributed by atoms with van der Waals surface area (Å²) in [6.45, 7) is 10.0. The van der Waals surface area contributed by atoms with Crippen LogP contribution >= 0.6 is 11.3 Å². The Labute approximate surface area is 107 Å². The van der Waals surface area contributed by atoms with Gasteiger partial charge in [-0.1, -0.05) is 32.1 Å². The minimum Gasteiger partial charge on any atom is -0.390 e. The summed E-state index contributed by atoms with van der Waals surface area (Å²) in [4.78, 5) is 2.24. The van der Waals surface area contributed by atoms with E-state index in [2.05, 4.69) is 35.9 Å². The van der Waals surface area contributed by atoms with Crippen LogP contribution in [0.4, 0.5) is 5.13 Å². The van der Waals surface area contributed by atoms with Crippen molar-refractivity contribution in [2.24, 2.45) is 5.92 Å². The van der Waals surface area contributed by atoms with Crippen LogP contribution in [-0.2, 0) is 0 Å². The molecular weight excluding hydrogens is 234 g/mol. The second-order valence-electron chi connectivity index (χ2n) is 5.53. The van der Waals surface area contributed by atoms with Crippen molar-refractivity contribution in [3.8, 4) is 0 Å². The van der Waals surface area contributed by atoms with Gasteiger partial charge in [-0.2, -0.15) is 0 Å². The van der Waals surface area contributed by atoms with Crippen LogP contribution in [0.1, 0.15) is 45.0 Å². The zero-order valence-corrected chi connectivity index (χ0v) is 11.8. The smallest absolute Gasteiger partial charge is 0.208 e. The number of hydrogen-bond donors (Lipinski definition) is 1. The van der Waals surface area contributed by atoms with E-state index in [9.17, 15) is 5.11 Å². The summed E-state index contributed by atoms with van der Waals surface area (Å²) in [6, 6.07) is 0. The number of aromatic nitrogens is 2. The molecule has 0 unspecified atom stereocenters. The summed E-state index contributed by atoms with van der Waals surface area (Å²) in [5, 5.41) is 20.7. The van der Waals surface area contributed by atoms with Crippen LogP contribution in [0.25, 0.3) is 0 Å². The fourth-order valence-electron chi connectivity index (χ4n) is 1.99. The third-order valence-corrected chi connectivity index (χ3v) is 4.92. The quantitative estimate of drug-likeness (QED) is 0.880. The highest BCUT2D eigenvalue weighted by atomic mass is 32.1. The highest BCUT2D eigenvalue weighted by molar-refractivity contribution is 7.15. The van der Waals surface area contributed by atoms with Gasteiger partial charge < -0.3 is 10.0 Å². The maximum absolute atomic E-state index is 10.1. The molecule has 0 aromatic carbocycles. The summed E-state index contributed by atoms with van der Waals surface area (Å²) in [5.41, 5.74) is -0.540. The van der Waals surface area contributed by atoms with Gasteiger partial charge in [-0.05, 0) is 13.3 Å². The Balaban J connectivity index is 2.09. The van der Waals surface area contributed by atoms with Crippen LogP contribution in [0.2, 0.25) is 0 Å². The van der Waals surface area contributed by atoms with E-state index in [0.29, 0.717) is 5.92 Å². The van der Waals surface area contributed by atoms with Gasteiger partial charge in [0.05, 0.1) is 5.60 Å². The highest BCUT2D eigenvalue weighted by Gasteiger charge is 2.35. The summed E-state index contributed by atoms with van der Waals surface area (Å²) in [5.74, 6) is 0.703. The first-order valence-corrected chi connectivity index (χ1v) is 7.02. The Morgan fingerprint density at radius 1 is 1.47 bits per heavy atom. The molecule has 1 N–H and O–H groups in total. The lowest BCUT2D eigenvalue weighted by atomic mass is 9.84. The first-order chi connectivity index (χ1) is 7.90. The minimum absolute atomic E-state index is 0.266. The van der Waals surface area contributed by atoms with E-state index in [1.807, 2.05) is 6.92 Å². The number of anilines is 1. The van der Waals surface area contributed by atoms with Crippen molar-refractivity contribution >= 4 is 16.5 Å². The summed E-state index contributed by atoms with van der Waals surface area (Å²) >= 11 is 1.67. The topological polar surface area (TPSA) is 49.2 Å². The summed E-state index contributed by atoms with van der Waals surface area (Å²) < 4.78 is 0. The average molecular weight is 255 g/mol. The van der Waals surface area contributed by atoms with Gasteiger partial charge in [0.25, 0.3) is 0 Å². The molecule has 1 aliphatic rings. The van der Waals surface area contributed by atoms with E-state index in [1.165, 1.54) is 0 Å². The van der Waals surface area contributed by atoms with Gasteiger partial charge in [-0.3, -0.25) is 0 Å². The SMILES string of the molecule is CC(C)c1nnc(N2CC[C@](C)(O)[C@H](C)C2)s1. The Kier molecular flexibility index (Phi) is 3.41. The molecule has 0 bridgehead atoms. The lowest BCUT2D eigenvalue weighted by Gasteiger charge is -2.40. The normalized spacial score (nSPS) is 30.0. The molecule has 1 aromatic rings. The van der Waals surface area contributed by atoms with E-state index in [4.69, 9.17) is 0 Å². The fourth-order valence-corrected chi connectivity index (χ4v) is 2.87. The van der Waals surface area contributed by atoms with Crippen molar-refractivity contribution in [2.75, 3.05) is 18.0 Å². The molecule has 0 radical (unpaired) electrons. The lowest BCUT2D eigenvalue weighted by molar-refractivity contribution is -0.00936. The van der Waals surface area contributed by atoms with Gasteiger partial charge in [0, 0.05) is 24.9 Å². The summed E-state index contributed by atoms with van der Waals surface area (Å²) in [7, 11) is 0. The zero-order valence-electron chi connectivity index (χ0n) is 11.0. The molecule has 17 heavy (non-hydrogen) atoms. The molecule has 0 amide bonds. The van der Waals surface area contributed by atoms with Crippen molar-refractivity contribution in [3.63, 3.8) is 0 Å². The molecule has 2 atom stereocenters. The molecule has 1 fully saturated rings. The number of rotatable bonds is 2. The maximum atomic E-state index is 10.1. The predicted molar refractivity (Wildman–Crippen MR) is 70.6 cm³/mol. The Morgan fingerprint density at radius 2 is 2.18 bits per heavy atom. The molecule has 2 rings (SSSR count). The molecule has 1 saturated heterocycles. The van der Waals surface area contributed by atoms with Crippen LogP contribution in [0.15, 0.2) is 0 Å². The predicted octanol–water partition coefficient (Wildman–Crippen LogP) is 2.26. The largest absolute Gasteiger partial charge is 0.390 e. The van der Waals surface area contributed by atoms with Crippen molar-refractivity contribution in [1.82, 2.24) is 10.2 Å². The zero-order chi connectivity index (χ0) is 12.6. The van der Waals surface area contributed by atoms with Crippen molar-refractivity contribution in [2.45, 2.75) is 45.6 Å². The van der Waals surface area contributed by atoms with E-state index in [0.717, 1.165) is 29.6 Å². The minimum atomic E-state index is -0.540. The van der Waals surface area contributed by atoms with Gasteiger partial charge in [0.15, 0.2) is 0 Å². The molecular formula is C12H21N3OS. The lowest BCUT2D eigenvalue weighted by Crippen LogP contribution is -2.49. The molecule has 96 valence electrons. The molecule has 5 heteroatoms. The van der Waals surface area contributed by atoms with Gasteiger partial charge in [0.2, 0.25) is 5.13 Å². The van der Waals surface area contributed by atoms with Crippen LogP contribution in [-0.4, -0.2) is 34.0 Å². The van der Waals surface area contributed by atoms with E-state index >= 15 is 0 Å². The van der Waals surface area contributed by atoms with Gasteiger partial charge in [0.1, 0.15) is 5.01 Å². The Hall–Kier alpha value is -0.680. The second kappa shape index (κ2) is 4.53.